The second-order valence-electron chi connectivity index (χ2n) is 4.61. The Morgan fingerprint density at radius 1 is 1.43 bits per heavy atom. The SMILES string of the molecule is CNC[C@@H]1CC(=O)N(C2CCCC2)C1. The molecule has 0 aromatic carbocycles. The fourth-order valence-corrected chi connectivity index (χ4v) is 2.80. The van der Waals surface area contributed by atoms with E-state index >= 15 is 0 Å². The highest BCUT2D eigenvalue weighted by Crippen LogP contribution is 2.28. The van der Waals surface area contributed by atoms with Gasteiger partial charge in [0.1, 0.15) is 0 Å². The van der Waals surface area contributed by atoms with Gasteiger partial charge in [-0.25, -0.2) is 0 Å². The normalized spacial score (nSPS) is 29.1. The van der Waals surface area contributed by atoms with Gasteiger partial charge in [-0.05, 0) is 32.4 Å². The first-order valence-electron chi connectivity index (χ1n) is 5.75. The molecule has 0 aromatic heterocycles. The first-order chi connectivity index (χ1) is 6.81. The van der Waals surface area contributed by atoms with Crippen molar-refractivity contribution in [1.82, 2.24) is 10.2 Å². The van der Waals surface area contributed by atoms with Crippen LogP contribution < -0.4 is 5.32 Å². The molecule has 1 aliphatic carbocycles. The number of likely N-dealkylation sites (tertiary alicyclic amines) is 1. The van der Waals surface area contributed by atoms with Gasteiger partial charge in [-0.2, -0.15) is 0 Å². The maximum atomic E-state index is 11.7. The maximum absolute atomic E-state index is 11.7. The molecule has 0 unspecified atom stereocenters. The summed E-state index contributed by atoms with van der Waals surface area (Å²) < 4.78 is 0. The number of carbonyl (C=O) groups excluding carboxylic acids is 1. The van der Waals surface area contributed by atoms with Crippen molar-refractivity contribution in [2.24, 2.45) is 5.92 Å². The first-order valence-corrected chi connectivity index (χ1v) is 5.75. The molecule has 0 aromatic rings. The van der Waals surface area contributed by atoms with Gasteiger partial charge in [0.25, 0.3) is 0 Å². The standard InChI is InChI=1S/C11H20N2O/c1-12-7-9-6-11(14)13(8-9)10-4-2-3-5-10/h9-10,12H,2-8H2,1H3/t9-/m0/s1. The van der Waals surface area contributed by atoms with Gasteiger partial charge in [-0.3, -0.25) is 4.79 Å². The van der Waals surface area contributed by atoms with E-state index in [0.717, 1.165) is 19.5 Å². The Morgan fingerprint density at radius 3 is 2.79 bits per heavy atom. The van der Waals surface area contributed by atoms with Crippen molar-refractivity contribution in [1.29, 1.82) is 0 Å². The molecule has 80 valence electrons. The molecule has 0 spiro atoms. The van der Waals surface area contributed by atoms with Gasteiger partial charge in [-0.1, -0.05) is 12.8 Å². The Kier molecular flexibility index (Phi) is 3.06. The zero-order valence-electron chi connectivity index (χ0n) is 8.96. The molecule has 1 aliphatic heterocycles. The van der Waals surface area contributed by atoms with Gasteiger partial charge in [0.2, 0.25) is 5.91 Å². The van der Waals surface area contributed by atoms with Crippen LogP contribution in [0.15, 0.2) is 0 Å². The molecule has 3 nitrogen and oxygen atoms in total. The van der Waals surface area contributed by atoms with Crippen molar-refractivity contribution in [2.45, 2.75) is 38.1 Å². The molecule has 1 amide bonds. The Labute approximate surface area is 85.8 Å². The lowest BCUT2D eigenvalue weighted by Crippen LogP contribution is -2.35. The van der Waals surface area contributed by atoms with Crippen molar-refractivity contribution in [3.8, 4) is 0 Å². The van der Waals surface area contributed by atoms with Crippen molar-refractivity contribution in [3.63, 3.8) is 0 Å². The van der Waals surface area contributed by atoms with Crippen LogP contribution in [0.2, 0.25) is 0 Å². The predicted octanol–water partition coefficient (Wildman–Crippen LogP) is 0.997. The van der Waals surface area contributed by atoms with Gasteiger partial charge in [0, 0.05) is 19.0 Å². The molecular weight excluding hydrogens is 176 g/mol. The topological polar surface area (TPSA) is 32.3 Å². The van der Waals surface area contributed by atoms with E-state index in [0.29, 0.717) is 17.9 Å². The Bertz CT molecular complexity index is 211. The van der Waals surface area contributed by atoms with Crippen LogP contribution in [0.4, 0.5) is 0 Å². The van der Waals surface area contributed by atoms with Crippen molar-refractivity contribution < 1.29 is 4.79 Å². The molecule has 2 aliphatic rings. The molecule has 3 heteroatoms. The number of hydrogen-bond acceptors (Lipinski definition) is 2. The van der Waals surface area contributed by atoms with Gasteiger partial charge in [0.15, 0.2) is 0 Å². The zero-order chi connectivity index (χ0) is 9.97. The Hall–Kier alpha value is -0.570. The van der Waals surface area contributed by atoms with Crippen LogP contribution in [-0.2, 0) is 4.79 Å². The minimum atomic E-state index is 0.386. The zero-order valence-corrected chi connectivity index (χ0v) is 8.96. The number of nitrogens with zero attached hydrogens (tertiary/aromatic N) is 1. The lowest BCUT2D eigenvalue weighted by molar-refractivity contribution is -0.129. The van der Waals surface area contributed by atoms with Crippen molar-refractivity contribution in [3.05, 3.63) is 0 Å². The molecule has 2 fully saturated rings. The molecular formula is C11H20N2O. The van der Waals surface area contributed by atoms with Gasteiger partial charge in [-0.15, -0.1) is 0 Å². The summed E-state index contributed by atoms with van der Waals surface area (Å²) in [6, 6.07) is 0.573. The molecule has 1 atom stereocenters. The first kappa shape index (κ1) is 9.97. The van der Waals surface area contributed by atoms with E-state index in [9.17, 15) is 4.79 Å². The summed E-state index contributed by atoms with van der Waals surface area (Å²) in [5, 5.41) is 3.16. The predicted molar refractivity (Wildman–Crippen MR) is 56.0 cm³/mol. The summed E-state index contributed by atoms with van der Waals surface area (Å²) in [7, 11) is 1.96. The average molecular weight is 196 g/mol. The summed E-state index contributed by atoms with van der Waals surface area (Å²) in [6.07, 6.45) is 5.85. The van der Waals surface area contributed by atoms with Crippen LogP contribution in [0, 0.1) is 5.92 Å². The third kappa shape index (κ3) is 1.92. The van der Waals surface area contributed by atoms with Crippen LogP contribution in [-0.4, -0.2) is 37.0 Å². The van der Waals surface area contributed by atoms with Crippen molar-refractivity contribution >= 4 is 5.91 Å². The summed E-state index contributed by atoms with van der Waals surface area (Å²) in [6.45, 7) is 1.97. The number of carbonyl (C=O) groups is 1. The fraction of sp³-hybridized carbons (Fsp3) is 0.909. The van der Waals surface area contributed by atoms with Gasteiger partial charge >= 0.3 is 0 Å². The molecule has 1 saturated carbocycles. The van der Waals surface area contributed by atoms with Gasteiger partial charge in [0.05, 0.1) is 0 Å². The average Bonchev–Trinajstić information content (AvgIpc) is 2.74. The second-order valence-corrected chi connectivity index (χ2v) is 4.61. The lowest BCUT2D eigenvalue weighted by Gasteiger charge is -2.24. The molecule has 14 heavy (non-hydrogen) atoms. The fourth-order valence-electron chi connectivity index (χ4n) is 2.80. The highest BCUT2D eigenvalue weighted by atomic mass is 16.2. The Balaban J connectivity index is 1.90. The van der Waals surface area contributed by atoms with Crippen LogP contribution in [0.25, 0.3) is 0 Å². The monoisotopic (exact) mass is 196 g/mol. The van der Waals surface area contributed by atoms with E-state index in [2.05, 4.69) is 10.2 Å². The van der Waals surface area contributed by atoms with Crippen LogP contribution in [0.3, 0.4) is 0 Å². The minimum Gasteiger partial charge on any atom is -0.339 e. The van der Waals surface area contributed by atoms with E-state index in [4.69, 9.17) is 0 Å². The molecule has 1 heterocycles. The highest BCUT2D eigenvalue weighted by molar-refractivity contribution is 5.79. The summed E-state index contributed by atoms with van der Waals surface area (Å²) in [5.41, 5.74) is 0. The number of amides is 1. The molecule has 0 bridgehead atoms. The number of rotatable bonds is 3. The second kappa shape index (κ2) is 4.30. The molecule has 1 N–H and O–H groups in total. The van der Waals surface area contributed by atoms with E-state index in [1.165, 1.54) is 25.7 Å². The lowest BCUT2D eigenvalue weighted by atomic mass is 10.1. The van der Waals surface area contributed by atoms with E-state index in [-0.39, 0.29) is 0 Å². The molecule has 0 radical (unpaired) electrons. The van der Waals surface area contributed by atoms with E-state index in [1.807, 2.05) is 7.05 Å². The minimum absolute atomic E-state index is 0.386. The third-order valence-corrected chi connectivity index (χ3v) is 3.50. The van der Waals surface area contributed by atoms with Crippen LogP contribution >= 0.6 is 0 Å². The summed E-state index contributed by atoms with van der Waals surface area (Å²) >= 11 is 0. The maximum Gasteiger partial charge on any atom is 0.223 e. The molecule has 2 rings (SSSR count). The summed E-state index contributed by atoms with van der Waals surface area (Å²) in [4.78, 5) is 13.9. The largest absolute Gasteiger partial charge is 0.339 e. The number of nitrogens with one attached hydrogen (secondary N) is 1. The van der Waals surface area contributed by atoms with E-state index in [1.54, 1.807) is 0 Å². The van der Waals surface area contributed by atoms with Crippen LogP contribution in [0.5, 0.6) is 0 Å². The quantitative estimate of drug-likeness (QED) is 0.730. The highest BCUT2D eigenvalue weighted by Gasteiger charge is 2.34. The summed E-state index contributed by atoms with van der Waals surface area (Å²) in [5.74, 6) is 0.935. The van der Waals surface area contributed by atoms with E-state index < -0.39 is 0 Å². The van der Waals surface area contributed by atoms with Gasteiger partial charge < -0.3 is 10.2 Å². The number of hydrogen-bond donors (Lipinski definition) is 1. The Morgan fingerprint density at radius 2 is 2.14 bits per heavy atom. The smallest absolute Gasteiger partial charge is 0.223 e. The van der Waals surface area contributed by atoms with Crippen LogP contribution in [0.1, 0.15) is 32.1 Å². The molecule has 1 saturated heterocycles. The third-order valence-electron chi connectivity index (χ3n) is 3.50. The van der Waals surface area contributed by atoms with Crippen molar-refractivity contribution in [2.75, 3.05) is 20.1 Å².